The predicted molar refractivity (Wildman–Crippen MR) is 79.9 cm³/mol. The van der Waals surface area contributed by atoms with E-state index in [2.05, 4.69) is 0 Å². The van der Waals surface area contributed by atoms with Crippen LogP contribution >= 0.6 is 11.3 Å². The second-order valence-corrected chi connectivity index (χ2v) is 5.37. The zero-order chi connectivity index (χ0) is 14.8. The van der Waals surface area contributed by atoms with Gasteiger partial charge in [-0.05, 0) is 29.7 Å². The van der Waals surface area contributed by atoms with Crippen LogP contribution < -0.4 is 4.74 Å². The molecule has 0 N–H and O–H groups in total. The molecule has 6 heteroatoms. The number of esters is 1. The number of nitro benzene ring substituents is 1. The molecule has 0 atom stereocenters. The summed E-state index contributed by atoms with van der Waals surface area (Å²) in [5, 5.41) is 11.5. The van der Waals surface area contributed by atoms with Crippen molar-refractivity contribution >= 4 is 33.1 Å². The number of ether oxygens (including phenoxy) is 1. The van der Waals surface area contributed by atoms with Crippen molar-refractivity contribution in [1.82, 2.24) is 0 Å². The van der Waals surface area contributed by atoms with Gasteiger partial charge >= 0.3 is 5.97 Å². The average Bonchev–Trinajstić information content (AvgIpc) is 2.92. The molecule has 0 spiro atoms. The Labute approximate surface area is 123 Å². The van der Waals surface area contributed by atoms with E-state index < -0.39 is 10.9 Å². The van der Waals surface area contributed by atoms with Crippen molar-refractivity contribution in [2.75, 3.05) is 0 Å². The summed E-state index contributed by atoms with van der Waals surface area (Å²) in [6, 6.07) is 14.9. The molecule has 3 rings (SSSR count). The minimum absolute atomic E-state index is 0.0448. The molecule has 0 saturated heterocycles. The van der Waals surface area contributed by atoms with Crippen LogP contribution in [0.15, 0.2) is 54.6 Å². The second kappa shape index (κ2) is 5.34. The van der Waals surface area contributed by atoms with E-state index >= 15 is 0 Å². The molecule has 21 heavy (non-hydrogen) atoms. The van der Waals surface area contributed by atoms with Gasteiger partial charge in [-0.3, -0.25) is 10.1 Å². The molecule has 0 aliphatic heterocycles. The molecule has 2 aromatic carbocycles. The first-order chi connectivity index (χ1) is 10.1. The smallest absolute Gasteiger partial charge is 0.353 e. The van der Waals surface area contributed by atoms with Crippen molar-refractivity contribution in [2.24, 2.45) is 0 Å². The first-order valence-electron chi connectivity index (χ1n) is 6.09. The van der Waals surface area contributed by atoms with Gasteiger partial charge in [0.05, 0.1) is 4.92 Å². The number of hydrogen-bond donors (Lipinski definition) is 0. The van der Waals surface area contributed by atoms with Crippen LogP contribution in [0.2, 0.25) is 0 Å². The lowest BCUT2D eigenvalue weighted by Crippen LogP contribution is -2.06. The third-order valence-corrected chi connectivity index (χ3v) is 3.98. The molecule has 0 amide bonds. The van der Waals surface area contributed by atoms with Gasteiger partial charge in [0.15, 0.2) is 0 Å². The van der Waals surface area contributed by atoms with Crippen LogP contribution in [0.5, 0.6) is 5.75 Å². The lowest BCUT2D eigenvalue weighted by Gasteiger charge is -2.01. The highest BCUT2D eigenvalue weighted by Crippen LogP contribution is 2.26. The molecule has 0 unspecified atom stereocenters. The van der Waals surface area contributed by atoms with Gasteiger partial charge in [0.25, 0.3) is 5.69 Å². The highest BCUT2D eigenvalue weighted by Gasteiger charge is 2.13. The zero-order valence-corrected chi connectivity index (χ0v) is 11.5. The third kappa shape index (κ3) is 2.75. The van der Waals surface area contributed by atoms with Crippen molar-refractivity contribution in [1.29, 1.82) is 0 Å². The van der Waals surface area contributed by atoms with Crippen molar-refractivity contribution in [3.63, 3.8) is 0 Å². The summed E-state index contributed by atoms with van der Waals surface area (Å²) in [5.74, 6) is -0.187. The SMILES string of the molecule is O=C(Oc1ccc([N+](=O)[O-])cc1)c1cc2ccccc2s1. The van der Waals surface area contributed by atoms with Crippen LogP contribution in [0.25, 0.3) is 10.1 Å². The lowest BCUT2D eigenvalue weighted by atomic mass is 10.2. The van der Waals surface area contributed by atoms with E-state index in [1.54, 1.807) is 6.07 Å². The minimum atomic E-state index is -0.502. The molecule has 0 bridgehead atoms. The number of benzene rings is 2. The van der Waals surface area contributed by atoms with Crippen molar-refractivity contribution in [3.05, 3.63) is 69.6 Å². The molecular formula is C15H9NO4S. The fourth-order valence-corrected chi connectivity index (χ4v) is 2.81. The first-order valence-corrected chi connectivity index (χ1v) is 6.90. The highest BCUT2D eigenvalue weighted by molar-refractivity contribution is 7.20. The monoisotopic (exact) mass is 299 g/mol. The van der Waals surface area contributed by atoms with Crippen molar-refractivity contribution < 1.29 is 14.5 Å². The maximum absolute atomic E-state index is 12.1. The standard InChI is InChI=1S/C15H9NO4S/c17-15(14-9-10-3-1-2-4-13(10)21-14)20-12-7-5-11(6-8-12)16(18)19/h1-9H. The van der Waals surface area contributed by atoms with E-state index in [1.165, 1.54) is 35.6 Å². The Morgan fingerprint density at radius 1 is 1.10 bits per heavy atom. The van der Waals surface area contributed by atoms with Crippen LogP contribution in [0, 0.1) is 10.1 Å². The quantitative estimate of drug-likeness (QED) is 0.317. The number of carbonyl (C=O) groups is 1. The van der Waals surface area contributed by atoms with Crippen LogP contribution in [0.4, 0.5) is 5.69 Å². The number of fused-ring (bicyclic) bond motifs is 1. The Balaban J connectivity index is 1.80. The van der Waals surface area contributed by atoms with Gasteiger partial charge < -0.3 is 4.74 Å². The number of thiophene rings is 1. The Morgan fingerprint density at radius 2 is 1.81 bits per heavy atom. The number of nitrogens with zero attached hydrogens (tertiary/aromatic N) is 1. The van der Waals surface area contributed by atoms with Crippen LogP contribution in [0.3, 0.4) is 0 Å². The fourth-order valence-electron chi connectivity index (χ4n) is 1.88. The minimum Gasteiger partial charge on any atom is -0.422 e. The van der Waals surface area contributed by atoms with Gasteiger partial charge in [0.1, 0.15) is 10.6 Å². The van der Waals surface area contributed by atoms with Gasteiger partial charge in [-0.2, -0.15) is 0 Å². The molecule has 104 valence electrons. The van der Waals surface area contributed by atoms with Crippen LogP contribution in [0.1, 0.15) is 9.67 Å². The number of nitro groups is 1. The van der Waals surface area contributed by atoms with Gasteiger partial charge in [-0.25, -0.2) is 4.79 Å². The van der Waals surface area contributed by atoms with E-state index in [1.807, 2.05) is 24.3 Å². The maximum atomic E-state index is 12.1. The predicted octanol–water partition coefficient (Wildman–Crippen LogP) is 4.03. The third-order valence-electron chi connectivity index (χ3n) is 2.88. The molecule has 0 fully saturated rings. The first kappa shape index (κ1) is 13.3. The summed E-state index contributed by atoms with van der Waals surface area (Å²) in [5.41, 5.74) is -0.0448. The highest BCUT2D eigenvalue weighted by atomic mass is 32.1. The molecule has 1 heterocycles. The average molecular weight is 299 g/mol. The number of non-ortho nitro benzene ring substituents is 1. The van der Waals surface area contributed by atoms with Crippen molar-refractivity contribution in [2.45, 2.75) is 0 Å². The summed E-state index contributed by atoms with van der Waals surface area (Å²) >= 11 is 1.35. The molecule has 1 aromatic heterocycles. The number of hydrogen-bond acceptors (Lipinski definition) is 5. The summed E-state index contributed by atoms with van der Waals surface area (Å²) in [6.07, 6.45) is 0. The molecule has 3 aromatic rings. The van der Waals surface area contributed by atoms with Gasteiger partial charge in [0, 0.05) is 16.8 Å². The summed E-state index contributed by atoms with van der Waals surface area (Å²) in [4.78, 5) is 22.6. The van der Waals surface area contributed by atoms with E-state index in [0.29, 0.717) is 4.88 Å². The summed E-state index contributed by atoms with van der Waals surface area (Å²) < 4.78 is 6.22. The largest absolute Gasteiger partial charge is 0.422 e. The van der Waals surface area contributed by atoms with E-state index in [-0.39, 0.29) is 11.4 Å². The normalized spacial score (nSPS) is 10.5. The molecular weight excluding hydrogens is 290 g/mol. The van der Waals surface area contributed by atoms with Crippen molar-refractivity contribution in [3.8, 4) is 5.75 Å². The van der Waals surface area contributed by atoms with E-state index in [4.69, 9.17) is 4.74 Å². The molecule has 0 saturated carbocycles. The zero-order valence-electron chi connectivity index (χ0n) is 10.7. The maximum Gasteiger partial charge on any atom is 0.353 e. The van der Waals surface area contributed by atoms with Gasteiger partial charge in [-0.15, -0.1) is 11.3 Å². The number of rotatable bonds is 3. The van der Waals surface area contributed by atoms with E-state index in [9.17, 15) is 14.9 Å². The Hall–Kier alpha value is -2.73. The summed E-state index contributed by atoms with van der Waals surface area (Å²) in [6.45, 7) is 0. The fraction of sp³-hybridized carbons (Fsp3) is 0. The lowest BCUT2D eigenvalue weighted by molar-refractivity contribution is -0.384. The molecule has 5 nitrogen and oxygen atoms in total. The topological polar surface area (TPSA) is 69.4 Å². The van der Waals surface area contributed by atoms with Gasteiger partial charge in [-0.1, -0.05) is 18.2 Å². The number of carbonyl (C=O) groups excluding carboxylic acids is 1. The van der Waals surface area contributed by atoms with E-state index in [0.717, 1.165) is 10.1 Å². The summed E-state index contributed by atoms with van der Waals surface area (Å²) in [7, 11) is 0. The van der Waals surface area contributed by atoms with Crippen LogP contribution in [-0.4, -0.2) is 10.9 Å². The van der Waals surface area contributed by atoms with Gasteiger partial charge in [0.2, 0.25) is 0 Å². The molecule has 0 radical (unpaired) electrons. The molecule has 0 aliphatic rings. The molecule has 0 aliphatic carbocycles. The Bertz CT molecular complexity index is 790. The second-order valence-electron chi connectivity index (χ2n) is 4.29. The Morgan fingerprint density at radius 3 is 2.48 bits per heavy atom. The van der Waals surface area contributed by atoms with Crippen LogP contribution in [-0.2, 0) is 0 Å². The Kier molecular flexibility index (Phi) is 3.37.